The highest BCUT2D eigenvalue weighted by molar-refractivity contribution is 6.05. The third-order valence-electron chi connectivity index (χ3n) is 13.5. The van der Waals surface area contributed by atoms with Crippen LogP contribution < -0.4 is 5.32 Å². The molecule has 0 saturated heterocycles. The molecule has 7 atom stereocenters. The number of fused-ring (bicyclic) bond motifs is 7. The van der Waals surface area contributed by atoms with E-state index in [1.54, 1.807) is 18.5 Å². The van der Waals surface area contributed by atoms with E-state index in [1.807, 2.05) is 0 Å². The number of hydrogen-bond donors (Lipinski definition) is 2. The van der Waals surface area contributed by atoms with Gasteiger partial charge in [0, 0.05) is 25.7 Å². The van der Waals surface area contributed by atoms with Gasteiger partial charge in [-0.15, -0.1) is 0 Å². The molecule has 4 fully saturated rings. The van der Waals surface area contributed by atoms with E-state index in [0.717, 1.165) is 29.9 Å². The Balaban J connectivity index is 0.000000328. The highest BCUT2D eigenvalue weighted by Crippen LogP contribution is 2.76. The van der Waals surface area contributed by atoms with E-state index in [2.05, 4.69) is 68.6 Å². The summed E-state index contributed by atoms with van der Waals surface area (Å²) in [4.78, 5) is 48.8. The molecule has 1 heterocycles. The molecule has 0 radical (unpaired) electrons. The Bertz CT molecular complexity index is 1340. The molecule has 6 rings (SSSR count). The Morgan fingerprint density at radius 3 is 2.23 bits per heavy atom. The van der Waals surface area contributed by atoms with Gasteiger partial charge in [0.05, 0.1) is 0 Å². The molecule has 1 aromatic heterocycles. The molecule has 0 aromatic carbocycles. The molecule has 8 nitrogen and oxygen atoms in total. The molecule has 0 aliphatic heterocycles. The fourth-order valence-corrected chi connectivity index (χ4v) is 11.6. The first-order valence-electron chi connectivity index (χ1n) is 16.8. The average molecular weight is 608 g/mol. The summed E-state index contributed by atoms with van der Waals surface area (Å²) in [5.41, 5.74) is 1.96. The van der Waals surface area contributed by atoms with Crippen molar-refractivity contribution in [3.05, 3.63) is 29.6 Å². The lowest BCUT2D eigenvalue weighted by molar-refractivity contribution is -0.250. The largest absolute Gasteiger partial charge is 0.352 e. The van der Waals surface area contributed by atoms with Crippen LogP contribution in [-0.4, -0.2) is 32.9 Å². The van der Waals surface area contributed by atoms with Crippen LogP contribution in [-0.2, 0) is 19.3 Å². The predicted molar refractivity (Wildman–Crippen MR) is 169 cm³/mol. The minimum Gasteiger partial charge on any atom is -0.300 e. The van der Waals surface area contributed by atoms with E-state index in [-0.39, 0.29) is 40.8 Å². The second-order valence-electron chi connectivity index (χ2n) is 16.3. The minimum atomic E-state index is -0.952. The zero-order chi connectivity index (χ0) is 32.3. The number of ketones is 1. The normalized spacial score (nSPS) is 38.8. The van der Waals surface area contributed by atoms with Gasteiger partial charge in [0.1, 0.15) is 5.41 Å². The monoisotopic (exact) mass is 607 g/mol. The van der Waals surface area contributed by atoms with Gasteiger partial charge in [-0.1, -0.05) is 54.9 Å². The Kier molecular flexibility index (Phi) is 8.44. The zero-order valence-corrected chi connectivity index (χ0v) is 28.1. The molecule has 44 heavy (non-hydrogen) atoms. The summed E-state index contributed by atoms with van der Waals surface area (Å²) >= 11 is 0. The number of hydrogen-bond acceptors (Lipinski definition) is 7. The van der Waals surface area contributed by atoms with Crippen LogP contribution in [0.4, 0.5) is 5.95 Å². The van der Waals surface area contributed by atoms with Gasteiger partial charge in [0.15, 0.2) is 5.78 Å². The van der Waals surface area contributed by atoms with Crippen LogP contribution in [0.2, 0.25) is 0 Å². The molecule has 5 aliphatic carbocycles. The summed E-state index contributed by atoms with van der Waals surface area (Å²) in [7, 11) is 0. The lowest BCUT2D eigenvalue weighted by atomic mass is 9.33. The third kappa shape index (κ3) is 4.85. The summed E-state index contributed by atoms with van der Waals surface area (Å²) in [6.45, 7) is 18.2. The molecule has 5 aliphatic rings. The molecule has 0 unspecified atom stereocenters. The Labute approximate surface area is 263 Å². The van der Waals surface area contributed by atoms with Gasteiger partial charge >= 0.3 is 5.97 Å². The molecule has 1 aromatic rings. The summed E-state index contributed by atoms with van der Waals surface area (Å²) in [6, 6.07) is 1.69. The molecular formula is C36H53N3O5. The Morgan fingerprint density at radius 2 is 1.61 bits per heavy atom. The van der Waals surface area contributed by atoms with Crippen molar-refractivity contribution in [3.8, 4) is 0 Å². The maximum Gasteiger partial charge on any atom is 0.352 e. The molecule has 4 saturated carbocycles. The smallest absolute Gasteiger partial charge is 0.300 e. The SMILES string of the molecule is CC(=O)Nc1ncccn1.CC(C)C1=C2[C@H]3CC[C@@H]4[C@@]5(C)CCCC(C)(C)[C@@H]5CC[C@@]4(C)[C@]3(C)CC[C@@]2(C(=O)OO)CC1=O. The number of allylic oxidation sites excluding steroid dienone is 1. The van der Waals surface area contributed by atoms with Crippen molar-refractivity contribution in [1.29, 1.82) is 0 Å². The number of carbonyl (C=O) groups excluding carboxylic acids is 3. The van der Waals surface area contributed by atoms with E-state index in [0.29, 0.717) is 29.1 Å². The van der Waals surface area contributed by atoms with Crippen LogP contribution in [0.5, 0.6) is 0 Å². The second-order valence-corrected chi connectivity index (χ2v) is 16.3. The molecule has 8 heteroatoms. The number of Topliss-reactive ketones (excluding diaryl/α,β-unsaturated/α-hetero) is 1. The van der Waals surface area contributed by atoms with Crippen LogP contribution in [0.15, 0.2) is 29.6 Å². The summed E-state index contributed by atoms with van der Waals surface area (Å²) in [5.74, 6) is 1.41. The van der Waals surface area contributed by atoms with Gasteiger partial charge in [0.2, 0.25) is 11.9 Å². The summed E-state index contributed by atoms with van der Waals surface area (Å²) < 4.78 is 0. The van der Waals surface area contributed by atoms with Crippen molar-refractivity contribution in [2.45, 2.75) is 120 Å². The maximum absolute atomic E-state index is 13.3. The van der Waals surface area contributed by atoms with Crippen molar-refractivity contribution in [1.82, 2.24) is 9.97 Å². The van der Waals surface area contributed by atoms with Crippen molar-refractivity contribution in [3.63, 3.8) is 0 Å². The van der Waals surface area contributed by atoms with Gasteiger partial charge in [-0.25, -0.2) is 14.8 Å². The van der Waals surface area contributed by atoms with Crippen LogP contribution in [0, 0.1) is 50.7 Å². The zero-order valence-electron chi connectivity index (χ0n) is 28.1. The minimum absolute atomic E-state index is 0.0464. The van der Waals surface area contributed by atoms with Crippen LogP contribution in [0.3, 0.4) is 0 Å². The number of nitrogens with one attached hydrogen (secondary N) is 1. The Morgan fingerprint density at radius 1 is 0.932 bits per heavy atom. The van der Waals surface area contributed by atoms with Crippen molar-refractivity contribution in [2.75, 3.05) is 5.32 Å². The van der Waals surface area contributed by atoms with Crippen molar-refractivity contribution in [2.24, 2.45) is 50.7 Å². The number of amides is 1. The molecule has 0 bridgehead atoms. The van der Waals surface area contributed by atoms with Gasteiger partial charge < -0.3 is 4.89 Å². The molecule has 0 spiro atoms. The fourth-order valence-electron chi connectivity index (χ4n) is 11.6. The van der Waals surface area contributed by atoms with E-state index in [4.69, 9.17) is 0 Å². The molecule has 2 N–H and O–H groups in total. The van der Waals surface area contributed by atoms with E-state index < -0.39 is 11.4 Å². The summed E-state index contributed by atoms with van der Waals surface area (Å²) in [6.07, 6.45) is 13.6. The standard InChI is InChI=1S/C30H46O4.C6H7N3O/c1-18(2)23-20(31)17-30(25(32)34-33)16-15-28(6)19(24(23)30)9-10-22-27(5)13-8-12-26(3,4)21(27)11-14-29(22,28)7;1-5(10)9-6-7-3-2-4-8-6/h18-19,21-22,33H,8-17H2,1-7H3;2-4H,1H3,(H,7,8,9,10)/t19-,21+,22-,27+,28-,29-,30-;/m1./s1. The highest BCUT2D eigenvalue weighted by Gasteiger charge is 2.70. The second kappa shape index (κ2) is 11.3. The van der Waals surface area contributed by atoms with Gasteiger partial charge in [0.25, 0.3) is 0 Å². The quantitative estimate of drug-likeness (QED) is 0.266. The van der Waals surface area contributed by atoms with Crippen molar-refractivity contribution >= 4 is 23.6 Å². The molecule has 1 amide bonds. The predicted octanol–water partition coefficient (Wildman–Crippen LogP) is 7.81. The van der Waals surface area contributed by atoms with E-state index >= 15 is 0 Å². The van der Waals surface area contributed by atoms with Gasteiger partial charge in [-0.05, 0) is 114 Å². The lowest BCUT2D eigenvalue weighted by Crippen LogP contribution is -2.64. The maximum atomic E-state index is 13.3. The number of aromatic nitrogens is 2. The number of anilines is 1. The van der Waals surface area contributed by atoms with Crippen LogP contribution in [0.1, 0.15) is 120 Å². The fraction of sp³-hybridized carbons (Fsp3) is 0.750. The average Bonchev–Trinajstić information content (AvgIpc) is 3.26. The molecule has 242 valence electrons. The number of rotatable bonds is 3. The van der Waals surface area contributed by atoms with E-state index in [1.165, 1.54) is 45.4 Å². The first kappa shape index (κ1) is 32.8. The topological polar surface area (TPSA) is 118 Å². The number of nitrogens with zero attached hydrogens (tertiary/aromatic N) is 2. The van der Waals surface area contributed by atoms with Crippen LogP contribution in [0.25, 0.3) is 0 Å². The summed E-state index contributed by atoms with van der Waals surface area (Å²) in [5, 5.41) is 11.9. The molecular weight excluding hydrogens is 554 g/mol. The van der Waals surface area contributed by atoms with Gasteiger partial charge in [-0.3, -0.25) is 14.9 Å². The number of carbonyl (C=O) groups is 3. The lowest BCUT2D eigenvalue weighted by Gasteiger charge is -2.71. The Hall–Kier alpha value is -2.61. The highest BCUT2D eigenvalue weighted by atomic mass is 17.1. The van der Waals surface area contributed by atoms with Gasteiger partial charge in [-0.2, -0.15) is 5.26 Å². The van der Waals surface area contributed by atoms with E-state index in [9.17, 15) is 19.6 Å². The first-order chi connectivity index (χ1) is 20.6. The van der Waals surface area contributed by atoms with Crippen molar-refractivity contribution < 1.29 is 24.5 Å². The van der Waals surface area contributed by atoms with Crippen LogP contribution >= 0.6 is 0 Å². The first-order valence-corrected chi connectivity index (χ1v) is 16.8. The third-order valence-corrected chi connectivity index (χ3v) is 13.5.